The maximum absolute atomic E-state index is 6.43. The van der Waals surface area contributed by atoms with Crippen LogP contribution in [0.4, 0.5) is 0 Å². The molecule has 0 fully saturated rings. The summed E-state index contributed by atoms with van der Waals surface area (Å²) in [6.07, 6.45) is 4.98. The fourth-order valence-electron chi connectivity index (χ4n) is 2.88. The third-order valence-electron chi connectivity index (χ3n) is 4.03. The molecule has 20 heavy (non-hydrogen) atoms. The first kappa shape index (κ1) is 14.1. The summed E-state index contributed by atoms with van der Waals surface area (Å²) < 4.78 is 0.968. The van der Waals surface area contributed by atoms with Crippen LogP contribution in [0.1, 0.15) is 41.1 Å². The van der Waals surface area contributed by atoms with E-state index in [-0.39, 0.29) is 6.04 Å². The summed E-state index contributed by atoms with van der Waals surface area (Å²) in [5.74, 6) is 0. The highest BCUT2D eigenvalue weighted by molar-refractivity contribution is 9.10. The highest BCUT2D eigenvalue weighted by Crippen LogP contribution is 2.31. The first-order chi connectivity index (χ1) is 9.65. The van der Waals surface area contributed by atoms with Crippen LogP contribution in [-0.2, 0) is 12.8 Å². The molecule has 2 N–H and O–H groups in total. The Morgan fingerprint density at radius 1 is 1.00 bits per heavy atom. The Kier molecular flexibility index (Phi) is 4.16. The summed E-state index contributed by atoms with van der Waals surface area (Å²) in [6.45, 7) is 0. The summed E-state index contributed by atoms with van der Waals surface area (Å²) in [7, 11) is 0. The number of halogens is 2. The van der Waals surface area contributed by atoms with Gasteiger partial charge in [0.05, 0.1) is 6.04 Å². The quantitative estimate of drug-likeness (QED) is 0.807. The van der Waals surface area contributed by atoms with E-state index in [0.717, 1.165) is 15.1 Å². The lowest BCUT2D eigenvalue weighted by Gasteiger charge is -2.20. The maximum Gasteiger partial charge on any atom is 0.0562 e. The molecule has 0 radical (unpaired) electrons. The van der Waals surface area contributed by atoms with E-state index in [2.05, 4.69) is 34.1 Å². The zero-order chi connectivity index (χ0) is 14.1. The lowest BCUT2D eigenvalue weighted by atomic mass is 9.88. The minimum Gasteiger partial charge on any atom is -0.320 e. The van der Waals surface area contributed by atoms with Crippen molar-refractivity contribution in [2.24, 2.45) is 5.73 Å². The van der Waals surface area contributed by atoms with Gasteiger partial charge in [0, 0.05) is 9.50 Å². The minimum absolute atomic E-state index is 0.117. The number of hydrogen-bond acceptors (Lipinski definition) is 1. The molecule has 0 heterocycles. The van der Waals surface area contributed by atoms with Crippen LogP contribution in [0.2, 0.25) is 5.02 Å². The second-order valence-electron chi connectivity index (χ2n) is 5.38. The normalized spacial score (nSPS) is 15.8. The first-order valence-corrected chi connectivity index (χ1v) is 8.14. The van der Waals surface area contributed by atoms with E-state index in [9.17, 15) is 0 Å². The van der Waals surface area contributed by atoms with Crippen LogP contribution in [0.25, 0.3) is 0 Å². The van der Waals surface area contributed by atoms with E-state index < -0.39 is 0 Å². The molecule has 0 aromatic heterocycles. The van der Waals surface area contributed by atoms with Gasteiger partial charge in [-0.3, -0.25) is 0 Å². The summed E-state index contributed by atoms with van der Waals surface area (Å²) in [4.78, 5) is 0. The van der Waals surface area contributed by atoms with Gasteiger partial charge in [-0.15, -0.1) is 0 Å². The molecule has 1 aliphatic carbocycles. The van der Waals surface area contributed by atoms with Crippen LogP contribution in [0.5, 0.6) is 0 Å². The van der Waals surface area contributed by atoms with E-state index >= 15 is 0 Å². The van der Waals surface area contributed by atoms with Crippen LogP contribution in [0.3, 0.4) is 0 Å². The number of rotatable bonds is 2. The topological polar surface area (TPSA) is 26.0 Å². The number of nitrogens with two attached hydrogens (primary N) is 1. The molecule has 3 heteroatoms. The monoisotopic (exact) mass is 349 g/mol. The standard InChI is InChI=1S/C17H17BrClN/c18-16-10-14(19)7-8-15(16)17(20)13-6-5-11-3-1-2-4-12(11)9-13/h5-10,17H,1-4,20H2. The SMILES string of the molecule is NC(c1ccc2c(c1)CCCC2)c1ccc(Cl)cc1Br. The van der Waals surface area contributed by atoms with Gasteiger partial charge in [0.25, 0.3) is 0 Å². The van der Waals surface area contributed by atoms with Crippen molar-refractivity contribution in [3.63, 3.8) is 0 Å². The van der Waals surface area contributed by atoms with Crippen LogP contribution >= 0.6 is 27.5 Å². The molecule has 0 spiro atoms. The largest absolute Gasteiger partial charge is 0.320 e. The van der Waals surface area contributed by atoms with Gasteiger partial charge in [0.2, 0.25) is 0 Å². The molecule has 0 saturated carbocycles. The summed E-state index contributed by atoms with van der Waals surface area (Å²) in [6, 6.07) is 12.4. The van der Waals surface area contributed by atoms with Gasteiger partial charge in [-0.05, 0) is 60.1 Å². The molecule has 2 aromatic carbocycles. The average Bonchev–Trinajstić information content (AvgIpc) is 2.46. The van der Waals surface area contributed by atoms with E-state index in [1.807, 2.05) is 18.2 Å². The molecule has 0 saturated heterocycles. The van der Waals surface area contributed by atoms with E-state index in [0.29, 0.717) is 0 Å². The Morgan fingerprint density at radius 2 is 1.75 bits per heavy atom. The smallest absolute Gasteiger partial charge is 0.0562 e. The molecule has 0 aliphatic heterocycles. The van der Waals surface area contributed by atoms with E-state index in [1.54, 1.807) is 0 Å². The Bertz CT molecular complexity index is 639. The zero-order valence-corrected chi connectivity index (χ0v) is 13.5. The second kappa shape index (κ2) is 5.88. The van der Waals surface area contributed by atoms with Gasteiger partial charge in [-0.1, -0.05) is 51.8 Å². The third kappa shape index (κ3) is 2.78. The Labute approximate surface area is 133 Å². The fraction of sp³-hybridized carbons (Fsp3) is 0.294. The van der Waals surface area contributed by atoms with Crippen molar-refractivity contribution >= 4 is 27.5 Å². The van der Waals surface area contributed by atoms with Gasteiger partial charge in [-0.2, -0.15) is 0 Å². The Balaban J connectivity index is 1.95. The molecule has 0 amide bonds. The van der Waals surface area contributed by atoms with Crippen LogP contribution < -0.4 is 5.73 Å². The molecule has 1 aliphatic rings. The first-order valence-electron chi connectivity index (χ1n) is 6.97. The van der Waals surface area contributed by atoms with Crippen molar-refractivity contribution in [1.29, 1.82) is 0 Å². The Hall–Kier alpha value is -0.830. The predicted octanol–water partition coefficient (Wildman–Crippen LogP) is 5.03. The maximum atomic E-state index is 6.43. The van der Waals surface area contributed by atoms with Crippen molar-refractivity contribution in [1.82, 2.24) is 0 Å². The lowest BCUT2D eigenvalue weighted by molar-refractivity contribution is 0.682. The summed E-state index contributed by atoms with van der Waals surface area (Å²) >= 11 is 9.55. The van der Waals surface area contributed by atoms with Gasteiger partial charge in [0.15, 0.2) is 0 Å². The van der Waals surface area contributed by atoms with Crippen molar-refractivity contribution < 1.29 is 0 Å². The zero-order valence-electron chi connectivity index (χ0n) is 11.2. The number of aryl methyl sites for hydroxylation is 2. The molecule has 1 atom stereocenters. The highest BCUT2D eigenvalue weighted by atomic mass is 79.9. The number of benzene rings is 2. The van der Waals surface area contributed by atoms with Crippen molar-refractivity contribution in [2.75, 3.05) is 0 Å². The van der Waals surface area contributed by atoms with Crippen LogP contribution in [0.15, 0.2) is 40.9 Å². The van der Waals surface area contributed by atoms with Gasteiger partial charge >= 0.3 is 0 Å². The van der Waals surface area contributed by atoms with Crippen molar-refractivity contribution in [3.05, 3.63) is 68.1 Å². The lowest BCUT2D eigenvalue weighted by Crippen LogP contribution is -2.14. The van der Waals surface area contributed by atoms with E-state index in [1.165, 1.54) is 42.4 Å². The molecule has 2 aromatic rings. The van der Waals surface area contributed by atoms with Gasteiger partial charge in [-0.25, -0.2) is 0 Å². The summed E-state index contributed by atoms with van der Waals surface area (Å²) in [5.41, 5.74) is 11.6. The summed E-state index contributed by atoms with van der Waals surface area (Å²) in [5, 5.41) is 0.721. The minimum atomic E-state index is -0.117. The molecular formula is C17H17BrClN. The van der Waals surface area contributed by atoms with Crippen molar-refractivity contribution in [3.8, 4) is 0 Å². The molecular weight excluding hydrogens is 334 g/mol. The van der Waals surface area contributed by atoms with Crippen molar-refractivity contribution in [2.45, 2.75) is 31.7 Å². The van der Waals surface area contributed by atoms with Gasteiger partial charge in [0.1, 0.15) is 0 Å². The molecule has 3 rings (SSSR count). The molecule has 1 nitrogen and oxygen atoms in total. The van der Waals surface area contributed by atoms with E-state index in [4.69, 9.17) is 17.3 Å². The average molecular weight is 351 g/mol. The molecule has 1 unspecified atom stereocenters. The van der Waals surface area contributed by atoms with Crippen LogP contribution in [0, 0.1) is 0 Å². The highest BCUT2D eigenvalue weighted by Gasteiger charge is 2.16. The van der Waals surface area contributed by atoms with Crippen LogP contribution in [-0.4, -0.2) is 0 Å². The predicted molar refractivity (Wildman–Crippen MR) is 88.3 cm³/mol. The Morgan fingerprint density at radius 3 is 2.50 bits per heavy atom. The number of hydrogen-bond donors (Lipinski definition) is 1. The number of fused-ring (bicyclic) bond motifs is 1. The molecule has 0 bridgehead atoms. The third-order valence-corrected chi connectivity index (χ3v) is 4.95. The second-order valence-corrected chi connectivity index (χ2v) is 6.67. The molecule has 104 valence electrons. The fourth-order valence-corrected chi connectivity index (χ4v) is 3.81. The van der Waals surface area contributed by atoms with Gasteiger partial charge < -0.3 is 5.73 Å².